The Labute approximate surface area is 158 Å². The number of guanidine groups is 1. The third kappa shape index (κ3) is 6.04. The number of carbonyl (C=O) groups is 1. The quantitative estimate of drug-likeness (QED) is 0.463. The van der Waals surface area contributed by atoms with Crippen LogP contribution in [0.25, 0.3) is 0 Å². The van der Waals surface area contributed by atoms with Crippen LogP contribution >= 0.6 is 0 Å². The van der Waals surface area contributed by atoms with Crippen molar-refractivity contribution in [3.05, 3.63) is 29.8 Å². The molecular formula is C21H34N4O. The first kappa shape index (κ1) is 20.3. The van der Waals surface area contributed by atoms with E-state index in [1.165, 1.54) is 31.2 Å². The maximum absolute atomic E-state index is 12.0. The number of unbranched alkanes of at least 4 members (excludes halogenated alkanes) is 1. The molecule has 0 aromatic heterocycles. The van der Waals surface area contributed by atoms with Crippen LogP contribution in [0.3, 0.4) is 0 Å². The fourth-order valence-electron chi connectivity index (χ4n) is 3.38. The Kier molecular flexibility index (Phi) is 8.45. The second kappa shape index (κ2) is 10.8. The summed E-state index contributed by atoms with van der Waals surface area (Å²) in [5.41, 5.74) is 2.13. The van der Waals surface area contributed by atoms with Crippen LogP contribution < -0.4 is 16.0 Å². The summed E-state index contributed by atoms with van der Waals surface area (Å²) < 4.78 is 0. The zero-order valence-electron chi connectivity index (χ0n) is 16.5. The van der Waals surface area contributed by atoms with Crippen LogP contribution in [0.1, 0.15) is 64.4 Å². The topological polar surface area (TPSA) is 65.5 Å². The lowest BCUT2D eigenvalue weighted by molar-refractivity contribution is -0.116. The van der Waals surface area contributed by atoms with Crippen LogP contribution in [0.4, 0.5) is 5.69 Å². The van der Waals surface area contributed by atoms with Gasteiger partial charge < -0.3 is 16.0 Å². The fourth-order valence-corrected chi connectivity index (χ4v) is 3.38. The van der Waals surface area contributed by atoms with Gasteiger partial charge in [0.1, 0.15) is 0 Å². The number of rotatable bonds is 9. The van der Waals surface area contributed by atoms with Gasteiger partial charge >= 0.3 is 0 Å². The first-order valence-electron chi connectivity index (χ1n) is 10.1. The number of hydrogen-bond acceptors (Lipinski definition) is 2. The molecule has 1 heterocycles. The number of nitrogens with one attached hydrogen (secondary N) is 3. The summed E-state index contributed by atoms with van der Waals surface area (Å²) in [6.45, 7) is 8.96. The van der Waals surface area contributed by atoms with E-state index in [2.05, 4.69) is 42.8 Å². The molecule has 2 rings (SSSR count). The van der Waals surface area contributed by atoms with Crippen LogP contribution in [0.5, 0.6) is 0 Å². The van der Waals surface area contributed by atoms with E-state index < -0.39 is 0 Å². The summed E-state index contributed by atoms with van der Waals surface area (Å²) in [6.07, 6.45) is 5.43. The molecule has 0 aliphatic carbocycles. The van der Waals surface area contributed by atoms with Gasteiger partial charge in [-0.05, 0) is 30.9 Å². The molecule has 2 atom stereocenters. The number of fused-ring (bicyclic) bond motifs is 1. The Morgan fingerprint density at radius 3 is 2.81 bits per heavy atom. The molecule has 0 radical (unpaired) electrons. The van der Waals surface area contributed by atoms with Gasteiger partial charge in [0.25, 0.3) is 0 Å². The molecule has 1 aromatic carbocycles. The lowest BCUT2D eigenvalue weighted by Gasteiger charge is -2.26. The zero-order chi connectivity index (χ0) is 18.8. The molecule has 144 valence electrons. The summed E-state index contributed by atoms with van der Waals surface area (Å²) in [5, 5.41) is 9.73. The standard InChI is InChI=1S/C21H34N4O/c1-4-7-10-16(5-2)14-23-21(22-6-3)24-15-17-13-20(26)25-19-12-9-8-11-18(17)19/h8-9,11-12,16-17H,4-7,10,13-15H2,1-3H3,(H,25,26)(H2,22,23,24). The Balaban J connectivity index is 1.97. The Morgan fingerprint density at radius 2 is 2.08 bits per heavy atom. The number of benzene rings is 1. The van der Waals surface area contributed by atoms with Crippen LogP contribution in [0, 0.1) is 5.92 Å². The summed E-state index contributed by atoms with van der Waals surface area (Å²) in [6, 6.07) is 8.06. The molecule has 1 aliphatic heterocycles. The molecule has 5 nitrogen and oxygen atoms in total. The van der Waals surface area contributed by atoms with E-state index in [1.807, 2.05) is 18.2 Å². The van der Waals surface area contributed by atoms with Crippen molar-refractivity contribution >= 4 is 17.6 Å². The highest BCUT2D eigenvalue weighted by molar-refractivity contribution is 5.94. The van der Waals surface area contributed by atoms with E-state index >= 15 is 0 Å². The van der Waals surface area contributed by atoms with E-state index in [4.69, 9.17) is 4.99 Å². The largest absolute Gasteiger partial charge is 0.357 e. The third-order valence-electron chi connectivity index (χ3n) is 5.02. The Bertz CT molecular complexity index is 599. The molecule has 0 bridgehead atoms. The minimum Gasteiger partial charge on any atom is -0.357 e. The first-order chi connectivity index (χ1) is 12.7. The number of aliphatic imine (C=N–C) groups is 1. The average molecular weight is 359 g/mol. The summed E-state index contributed by atoms with van der Waals surface area (Å²) >= 11 is 0. The van der Waals surface area contributed by atoms with Gasteiger partial charge in [0, 0.05) is 37.7 Å². The minimum atomic E-state index is 0.0862. The van der Waals surface area contributed by atoms with Gasteiger partial charge in [-0.3, -0.25) is 9.79 Å². The van der Waals surface area contributed by atoms with Crippen LogP contribution in [-0.4, -0.2) is 31.5 Å². The fraction of sp³-hybridized carbons (Fsp3) is 0.619. The molecule has 0 saturated carbocycles. The number of hydrogen-bond donors (Lipinski definition) is 3. The van der Waals surface area contributed by atoms with Crippen molar-refractivity contribution in [3.63, 3.8) is 0 Å². The predicted molar refractivity (Wildman–Crippen MR) is 110 cm³/mol. The summed E-state index contributed by atoms with van der Waals surface area (Å²) in [5.74, 6) is 1.76. The number of nitrogens with zero attached hydrogens (tertiary/aromatic N) is 1. The number of anilines is 1. The number of carbonyl (C=O) groups excluding carboxylic acids is 1. The monoisotopic (exact) mass is 358 g/mol. The summed E-state index contributed by atoms with van der Waals surface area (Å²) in [4.78, 5) is 16.8. The second-order valence-electron chi connectivity index (χ2n) is 7.05. The maximum atomic E-state index is 12.0. The molecule has 1 aliphatic rings. The molecule has 2 unspecified atom stereocenters. The zero-order valence-corrected chi connectivity index (χ0v) is 16.5. The van der Waals surface area contributed by atoms with Crippen molar-refractivity contribution in [3.8, 4) is 0 Å². The van der Waals surface area contributed by atoms with E-state index in [-0.39, 0.29) is 11.8 Å². The third-order valence-corrected chi connectivity index (χ3v) is 5.02. The van der Waals surface area contributed by atoms with Crippen molar-refractivity contribution in [1.29, 1.82) is 0 Å². The van der Waals surface area contributed by atoms with Crippen molar-refractivity contribution < 1.29 is 4.79 Å². The summed E-state index contributed by atoms with van der Waals surface area (Å²) in [7, 11) is 0. The Hall–Kier alpha value is -2.04. The molecule has 0 saturated heterocycles. The molecule has 1 aromatic rings. The highest BCUT2D eigenvalue weighted by Gasteiger charge is 2.24. The van der Waals surface area contributed by atoms with Gasteiger partial charge in [0.05, 0.1) is 0 Å². The van der Waals surface area contributed by atoms with Gasteiger partial charge in [-0.25, -0.2) is 0 Å². The molecule has 5 heteroatoms. The van der Waals surface area contributed by atoms with Gasteiger partial charge in [0.15, 0.2) is 5.96 Å². The molecule has 0 fully saturated rings. The minimum absolute atomic E-state index is 0.0862. The second-order valence-corrected chi connectivity index (χ2v) is 7.05. The van der Waals surface area contributed by atoms with Crippen LogP contribution in [0.15, 0.2) is 29.3 Å². The van der Waals surface area contributed by atoms with Gasteiger partial charge in [-0.15, -0.1) is 0 Å². The first-order valence-corrected chi connectivity index (χ1v) is 10.1. The van der Waals surface area contributed by atoms with E-state index in [1.54, 1.807) is 0 Å². The van der Waals surface area contributed by atoms with Gasteiger partial charge in [-0.2, -0.15) is 0 Å². The highest BCUT2D eigenvalue weighted by Crippen LogP contribution is 2.31. The van der Waals surface area contributed by atoms with Crippen molar-refractivity contribution in [2.75, 3.05) is 25.0 Å². The SMILES string of the molecule is CCCCC(CC)CN=C(NCC)NCC1CC(=O)Nc2ccccc21. The lowest BCUT2D eigenvalue weighted by Crippen LogP contribution is -2.41. The van der Waals surface area contributed by atoms with E-state index in [0.29, 0.717) is 18.9 Å². The molecule has 0 spiro atoms. The van der Waals surface area contributed by atoms with Crippen molar-refractivity contribution in [2.24, 2.45) is 10.9 Å². The van der Waals surface area contributed by atoms with Crippen LogP contribution in [0.2, 0.25) is 0 Å². The normalized spacial score (nSPS) is 18.0. The van der Waals surface area contributed by atoms with E-state index in [0.717, 1.165) is 24.7 Å². The van der Waals surface area contributed by atoms with Crippen LogP contribution in [-0.2, 0) is 4.79 Å². The number of para-hydroxylation sites is 1. The van der Waals surface area contributed by atoms with Gasteiger partial charge in [0.2, 0.25) is 5.91 Å². The highest BCUT2D eigenvalue weighted by atomic mass is 16.1. The molecule has 26 heavy (non-hydrogen) atoms. The number of amides is 1. The average Bonchev–Trinajstić information content (AvgIpc) is 2.65. The lowest BCUT2D eigenvalue weighted by atomic mass is 9.90. The van der Waals surface area contributed by atoms with Crippen molar-refractivity contribution in [1.82, 2.24) is 10.6 Å². The predicted octanol–water partition coefficient (Wildman–Crippen LogP) is 3.88. The van der Waals surface area contributed by atoms with Crippen molar-refractivity contribution in [2.45, 2.75) is 58.8 Å². The maximum Gasteiger partial charge on any atom is 0.225 e. The van der Waals surface area contributed by atoms with Gasteiger partial charge in [-0.1, -0.05) is 51.3 Å². The smallest absolute Gasteiger partial charge is 0.225 e. The molecular weight excluding hydrogens is 324 g/mol. The Morgan fingerprint density at radius 1 is 1.27 bits per heavy atom. The van der Waals surface area contributed by atoms with E-state index in [9.17, 15) is 4.79 Å². The molecule has 1 amide bonds. The molecule has 3 N–H and O–H groups in total.